The zero-order valence-corrected chi connectivity index (χ0v) is 15.3. The van der Waals surface area contributed by atoms with Crippen LogP contribution in [0.25, 0.3) is 0 Å². The summed E-state index contributed by atoms with van der Waals surface area (Å²) in [6.45, 7) is 4.06. The second-order valence-electron chi connectivity index (χ2n) is 6.46. The molecular formula is C20H23N3O4. The van der Waals surface area contributed by atoms with Crippen molar-refractivity contribution in [2.75, 3.05) is 38.0 Å². The lowest BCUT2D eigenvalue weighted by molar-refractivity contribution is -0.132. The molecule has 2 amide bonds. The lowest BCUT2D eigenvalue weighted by Crippen LogP contribution is -2.50. The Hall–Kier alpha value is -3.09. The normalized spacial score (nSPS) is 14.1. The number of piperazine rings is 1. The summed E-state index contributed by atoms with van der Waals surface area (Å²) in [5.41, 5.74) is 1.47. The Balaban J connectivity index is 1.43. The number of nitrogens with zero attached hydrogens (tertiary/aromatic N) is 2. The Morgan fingerprint density at radius 2 is 1.78 bits per heavy atom. The minimum atomic E-state index is -0.140. The number of anilines is 1. The van der Waals surface area contributed by atoms with Crippen LogP contribution in [0.15, 0.2) is 47.1 Å². The molecule has 0 atom stereocenters. The number of Topliss-reactive ketones (excluding diaryl/α,β-unsaturated/α-hetero) is 1. The molecule has 1 fully saturated rings. The average Bonchev–Trinajstić information content (AvgIpc) is 3.22. The number of nitrogens with one attached hydrogen (secondary N) is 1. The number of rotatable bonds is 6. The molecule has 2 heterocycles. The second-order valence-corrected chi connectivity index (χ2v) is 6.46. The molecule has 27 heavy (non-hydrogen) atoms. The summed E-state index contributed by atoms with van der Waals surface area (Å²) >= 11 is 0. The Morgan fingerprint density at radius 1 is 1.04 bits per heavy atom. The van der Waals surface area contributed by atoms with Gasteiger partial charge in [-0.2, -0.15) is 0 Å². The maximum Gasteiger partial charge on any atom is 0.289 e. The highest BCUT2D eigenvalue weighted by atomic mass is 16.3. The van der Waals surface area contributed by atoms with Crippen LogP contribution >= 0.6 is 0 Å². The predicted molar refractivity (Wildman–Crippen MR) is 101 cm³/mol. The van der Waals surface area contributed by atoms with Gasteiger partial charge in [0.15, 0.2) is 11.5 Å². The standard InChI is InChI=1S/C20H23N3O4/c1-15(24)16-4-2-5-17(14-16)21-8-7-19(25)22-9-11-23(12-10-22)20(26)18-6-3-13-27-18/h2-6,13-14,21H,7-12H2,1H3. The summed E-state index contributed by atoms with van der Waals surface area (Å²) < 4.78 is 5.14. The van der Waals surface area contributed by atoms with Gasteiger partial charge in [-0.3, -0.25) is 14.4 Å². The molecule has 0 unspecified atom stereocenters. The Kier molecular flexibility index (Phi) is 5.90. The van der Waals surface area contributed by atoms with Crippen LogP contribution in [-0.4, -0.2) is 60.1 Å². The maximum absolute atomic E-state index is 12.4. The minimum Gasteiger partial charge on any atom is -0.459 e. The zero-order chi connectivity index (χ0) is 19.2. The summed E-state index contributed by atoms with van der Waals surface area (Å²) in [7, 11) is 0. The van der Waals surface area contributed by atoms with E-state index in [9.17, 15) is 14.4 Å². The van der Waals surface area contributed by atoms with Gasteiger partial charge in [0.1, 0.15) is 0 Å². The molecule has 1 aromatic carbocycles. The van der Waals surface area contributed by atoms with Crippen LogP contribution in [0.1, 0.15) is 34.3 Å². The van der Waals surface area contributed by atoms with Crippen molar-refractivity contribution in [2.24, 2.45) is 0 Å². The third kappa shape index (κ3) is 4.75. The molecule has 1 N–H and O–H groups in total. The van der Waals surface area contributed by atoms with Gasteiger partial charge in [-0.15, -0.1) is 0 Å². The number of ketones is 1. The predicted octanol–water partition coefficient (Wildman–Crippen LogP) is 2.27. The van der Waals surface area contributed by atoms with E-state index in [1.165, 1.54) is 13.2 Å². The van der Waals surface area contributed by atoms with Gasteiger partial charge in [0, 0.05) is 50.4 Å². The largest absolute Gasteiger partial charge is 0.459 e. The Bertz CT molecular complexity index is 808. The van der Waals surface area contributed by atoms with Gasteiger partial charge < -0.3 is 19.5 Å². The molecule has 2 aromatic rings. The van der Waals surface area contributed by atoms with E-state index >= 15 is 0 Å². The van der Waals surface area contributed by atoms with E-state index < -0.39 is 0 Å². The lowest BCUT2D eigenvalue weighted by atomic mass is 10.1. The van der Waals surface area contributed by atoms with Crippen molar-refractivity contribution in [1.82, 2.24) is 9.80 Å². The molecule has 142 valence electrons. The van der Waals surface area contributed by atoms with Gasteiger partial charge in [-0.25, -0.2) is 0 Å². The first kappa shape index (κ1) is 18.7. The zero-order valence-electron chi connectivity index (χ0n) is 15.3. The van der Waals surface area contributed by atoms with E-state index in [2.05, 4.69) is 5.32 Å². The summed E-state index contributed by atoms with van der Waals surface area (Å²) in [4.78, 5) is 39.5. The van der Waals surface area contributed by atoms with E-state index in [0.717, 1.165) is 5.69 Å². The average molecular weight is 369 g/mol. The number of furan rings is 1. The van der Waals surface area contributed by atoms with Gasteiger partial charge >= 0.3 is 0 Å². The van der Waals surface area contributed by atoms with E-state index in [0.29, 0.717) is 50.5 Å². The molecule has 0 aliphatic carbocycles. The van der Waals surface area contributed by atoms with Crippen LogP contribution in [0.3, 0.4) is 0 Å². The second kappa shape index (κ2) is 8.53. The number of hydrogen-bond donors (Lipinski definition) is 1. The fraction of sp³-hybridized carbons (Fsp3) is 0.350. The Labute approximate surface area is 157 Å². The topological polar surface area (TPSA) is 82.9 Å². The fourth-order valence-electron chi connectivity index (χ4n) is 3.04. The van der Waals surface area contributed by atoms with Crippen molar-refractivity contribution in [2.45, 2.75) is 13.3 Å². The molecule has 3 rings (SSSR count). The van der Waals surface area contributed by atoms with E-state index in [1.54, 1.807) is 34.1 Å². The molecule has 0 spiro atoms. The molecule has 0 saturated carbocycles. The van der Waals surface area contributed by atoms with E-state index in [-0.39, 0.29) is 17.6 Å². The van der Waals surface area contributed by atoms with E-state index in [4.69, 9.17) is 4.42 Å². The molecule has 1 aliphatic heterocycles. The third-order valence-corrected chi connectivity index (χ3v) is 4.59. The lowest BCUT2D eigenvalue weighted by Gasteiger charge is -2.34. The van der Waals surface area contributed by atoms with Gasteiger partial charge in [-0.1, -0.05) is 12.1 Å². The van der Waals surface area contributed by atoms with Crippen LogP contribution in [0.2, 0.25) is 0 Å². The summed E-state index contributed by atoms with van der Waals surface area (Å²) in [5.74, 6) is 0.248. The van der Waals surface area contributed by atoms with Crippen LogP contribution in [0.4, 0.5) is 5.69 Å². The van der Waals surface area contributed by atoms with Gasteiger partial charge in [-0.05, 0) is 31.2 Å². The monoisotopic (exact) mass is 369 g/mol. The van der Waals surface area contributed by atoms with Gasteiger partial charge in [0.2, 0.25) is 5.91 Å². The number of hydrogen-bond acceptors (Lipinski definition) is 5. The van der Waals surface area contributed by atoms with Crippen molar-refractivity contribution in [1.29, 1.82) is 0 Å². The fourth-order valence-corrected chi connectivity index (χ4v) is 3.04. The minimum absolute atomic E-state index is 0.0108. The highest BCUT2D eigenvalue weighted by Gasteiger charge is 2.25. The quantitative estimate of drug-likeness (QED) is 0.790. The third-order valence-electron chi connectivity index (χ3n) is 4.59. The van der Waals surface area contributed by atoms with Crippen LogP contribution < -0.4 is 5.32 Å². The molecule has 0 radical (unpaired) electrons. The van der Waals surface area contributed by atoms with Crippen molar-refractivity contribution in [3.05, 3.63) is 54.0 Å². The first-order chi connectivity index (χ1) is 13.0. The molecule has 7 heteroatoms. The van der Waals surface area contributed by atoms with Gasteiger partial charge in [0.25, 0.3) is 5.91 Å². The van der Waals surface area contributed by atoms with Gasteiger partial charge in [0.05, 0.1) is 6.26 Å². The number of carbonyl (C=O) groups excluding carboxylic acids is 3. The van der Waals surface area contributed by atoms with Crippen LogP contribution in [0, 0.1) is 0 Å². The molecule has 1 saturated heterocycles. The van der Waals surface area contributed by atoms with E-state index in [1.807, 2.05) is 12.1 Å². The number of carbonyl (C=O) groups is 3. The molecule has 1 aliphatic rings. The molecular weight excluding hydrogens is 346 g/mol. The smallest absolute Gasteiger partial charge is 0.289 e. The summed E-state index contributed by atoms with van der Waals surface area (Å²) in [5, 5.41) is 3.18. The molecule has 1 aromatic heterocycles. The summed E-state index contributed by atoms with van der Waals surface area (Å²) in [6.07, 6.45) is 1.84. The van der Waals surface area contributed by atoms with Crippen molar-refractivity contribution >= 4 is 23.3 Å². The van der Waals surface area contributed by atoms with Crippen molar-refractivity contribution in [3.8, 4) is 0 Å². The highest BCUT2D eigenvalue weighted by molar-refractivity contribution is 5.95. The number of benzene rings is 1. The maximum atomic E-state index is 12.4. The summed E-state index contributed by atoms with van der Waals surface area (Å²) in [6, 6.07) is 10.6. The first-order valence-corrected chi connectivity index (χ1v) is 9.00. The van der Waals surface area contributed by atoms with Crippen molar-refractivity contribution in [3.63, 3.8) is 0 Å². The highest BCUT2D eigenvalue weighted by Crippen LogP contribution is 2.12. The SMILES string of the molecule is CC(=O)c1cccc(NCCC(=O)N2CCN(C(=O)c3ccco3)CC2)c1. The van der Waals surface area contributed by atoms with Crippen LogP contribution in [-0.2, 0) is 4.79 Å². The molecule has 0 bridgehead atoms. The number of amides is 2. The van der Waals surface area contributed by atoms with Crippen LogP contribution in [0.5, 0.6) is 0 Å². The Morgan fingerprint density at radius 3 is 2.44 bits per heavy atom. The first-order valence-electron chi connectivity index (χ1n) is 9.00. The molecule has 7 nitrogen and oxygen atoms in total. The van der Waals surface area contributed by atoms with Crippen molar-refractivity contribution < 1.29 is 18.8 Å².